The van der Waals surface area contributed by atoms with E-state index in [2.05, 4.69) is 0 Å². The minimum Gasteiger partial charge on any atom is -0.263 e. The normalized spacial score (nSPS) is 16.8. The number of anilines is 1. The van der Waals surface area contributed by atoms with Gasteiger partial charge in [-0.2, -0.15) is 13.2 Å². The Kier molecular flexibility index (Phi) is 5.85. The van der Waals surface area contributed by atoms with E-state index in [0.29, 0.717) is 12.1 Å². The highest BCUT2D eigenvalue weighted by Gasteiger charge is 2.39. The Labute approximate surface area is 196 Å². The predicted octanol–water partition coefficient (Wildman–Crippen LogP) is 5.49. The van der Waals surface area contributed by atoms with E-state index < -0.39 is 42.5 Å². The zero-order valence-electron chi connectivity index (χ0n) is 18.1. The summed E-state index contributed by atoms with van der Waals surface area (Å²) in [7, 11) is -8.46. The lowest BCUT2D eigenvalue weighted by molar-refractivity contribution is -0.137. The maximum Gasteiger partial charge on any atom is 0.416 e. The van der Waals surface area contributed by atoms with Crippen LogP contribution in [0.5, 0.6) is 0 Å². The van der Waals surface area contributed by atoms with E-state index in [1.54, 1.807) is 32.0 Å². The number of sulfone groups is 1. The van der Waals surface area contributed by atoms with Crippen LogP contribution in [0.2, 0.25) is 0 Å². The van der Waals surface area contributed by atoms with Gasteiger partial charge in [0.1, 0.15) is 0 Å². The van der Waals surface area contributed by atoms with Gasteiger partial charge in [0.05, 0.1) is 21.0 Å². The molecule has 0 aromatic heterocycles. The molecule has 0 amide bonds. The summed E-state index contributed by atoms with van der Waals surface area (Å²) >= 11 is 0. The molecule has 0 spiro atoms. The molecule has 0 N–H and O–H groups in total. The summed E-state index contributed by atoms with van der Waals surface area (Å²) in [6.07, 6.45) is -4.76. The molecule has 0 radical (unpaired) electrons. The molecule has 0 bridgehead atoms. The molecule has 1 heterocycles. The topological polar surface area (TPSA) is 71.5 Å². The van der Waals surface area contributed by atoms with Gasteiger partial charge in [0.25, 0.3) is 10.0 Å². The first kappa shape index (κ1) is 24.0. The highest BCUT2D eigenvalue weighted by molar-refractivity contribution is 7.94. The Morgan fingerprint density at radius 2 is 1.50 bits per heavy atom. The van der Waals surface area contributed by atoms with Gasteiger partial charge in [0, 0.05) is 28.1 Å². The number of benzene rings is 3. The first-order valence-corrected chi connectivity index (χ1v) is 13.2. The summed E-state index contributed by atoms with van der Waals surface area (Å²) in [5, 5.41) is 0.847. The maximum atomic E-state index is 13.6. The lowest BCUT2D eigenvalue weighted by atomic mass is 9.96. The molecule has 10 heteroatoms. The van der Waals surface area contributed by atoms with Gasteiger partial charge in [-0.05, 0) is 50.2 Å². The van der Waals surface area contributed by atoms with E-state index in [-0.39, 0.29) is 27.3 Å². The Bertz CT molecular complexity index is 1490. The largest absolute Gasteiger partial charge is 0.416 e. The number of alkyl halides is 3. The minimum absolute atomic E-state index is 0.0682. The molecule has 0 saturated heterocycles. The van der Waals surface area contributed by atoms with Crippen LogP contribution in [0, 0.1) is 0 Å². The van der Waals surface area contributed by atoms with Crippen molar-refractivity contribution >= 4 is 31.1 Å². The summed E-state index contributed by atoms with van der Waals surface area (Å²) in [6.45, 7) is 3.26. The highest BCUT2D eigenvalue weighted by atomic mass is 32.2. The molecule has 178 valence electrons. The molecule has 34 heavy (non-hydrogen) atoms. The Balaban J connectivity index is 2.16. The van der Waals surface area contributed by atoms with Crippen LogP contribution in [0.1, 0.15) is 30.5 Å². The van der Waals surface area contributed by atoms with Crippen LogP contribution in [-0.2, 0) is 26.0 Å². The molecule has 0 fully saturated rings. The number of fused-ring (bicyclic) bond motifs is 2. The Hall–Kier alpha value is -3.11. The SMILES string of the molecule is CC(C)N1c2ccccc2/C(=C\S(=O)(=O)c2ccccc2)c2cc(C(F)(F)F)ccc2S1(=O)=O. The average molecular weight is 508 g/mol. The van der Waals surface area contributed by atoms with E-state index >= 15 is 0 Å². The molecule has 5 nitrogen and oxygen atoms in total. The summed E-state index contributed by atoms with van der Waals surface area (Å²) in [4.78, 5) is -0.471. The fraction of sp³-hybridized carbons (Fsp3) is 0.167. The van der Waals surface area contributed by atoms with Gasteiger partial charge in [-0.1, -0.05) is 36.4 Å². The quantitative estimate of drug-likeness (QED) is 0.470. The molecule has 3 aromatic carbocycles. The van der Waals surface area contributed by atoms with Crippen molar-refractivity contribution in [3.05, 3.63) is 94.9 Å². The number of nitrogens with zero attached hydrogens (tertiary/aromatic N) is 1. The average Bonchev–Trinajstić information content (AvgIpc) is 2.84. The van der Waals surface area contributed by atoms with Crippen molar-refractivity contribution in [1.82, 2.24) is 0 Å². The summed E-state index contributed by atoms with van der Waals surface area (Å²) in [6, 6.07) is 15.2. The Morgan fingerprint density at radius 3 is 2.12 bits per heavy atom. The Morgan fingerprint density at radius 1 is 0.882 bits per heavy atom. The van der Waals surface area contributed by atoms with Gasteiger partial charge < -0.3 is 0 Å². The molecule has 3 aromatic rings. The molecular formula is C24H20F3NO4S2. The fourth-order valence-corrected chi connectivity index (χ4v) is 7.04. The number of halogens is 3. The third kappa shape index (κ3) is 4.12. The van der Waals surface area contributed by atoms with E-state index in [9.17, 15) is 30.0 Å². The van der Waals surface area contributed by atoms with Crippen LogP contribution in [-0.4, -0.2) is 22.9 Å². The zero-order valence-corrected chi connectivity index (χ0v) is 19.7. The third-order valence-corrected chi connectivity index (χ3v) is 8.90. The third-order valence-electron chi connectivity index (χ3n) is 5.38. The molecule has 0 atom stereocenters. The lowest BCUT2D eigenvalue weighted by Crippen LogP contribution is -2.37. The number of para-hydroxylation sites is 1. The van der Waals surface area contributed by atoms with Crippen LogP contribution in [0.4, 0.5) is 18.9 Å². The van der Waals surface area contributed by atoms with Crippen molar-refractivity contribution in [1.29, 1.82) is 0 Å². The molecular weight excluding hydrogens is 487 g/mol. The van der Waals surface area contributed by atoms with Gasteiger partial charge in [-0.25, -0.2) is 16.8 Å². The molecule has 0 aliphatic carbocycles. The zero-order chi connectivity index (χ0) is 24.9. The van der Waals surface area contributed by atoms with Gasteiger partial charge in [0.15, 0.2) is 9.84 Å². The van der Waals surface area contributed by atoms with Crippen molar-refractivity contribution in [3.63, 3.8) is 0 Å². The minimum atomic E-state index is -4.76. The summed E-state index contributed by atoms with van der Waals surface area (Å²) in [5.74, 6) is 0. The van der Waals surface area contributed by atoms with E-state index in [1.165, 1.54) is 36.4 Å². The van der Waals surface area contributed by atoms with Crippen molar-refractivity contribution in [3.8, 4) is 0 Å². The molecule has 1 aliphatic rings. The van der Waals surface area contributed by atoms with Crippen LogP contribution in [0.3, 0.4) is 0 Å². The molecule has 0 unspecified atom stereocenters. The van der Waals surface area contributed by atoms with Gasteiger partial charge >= 0.3 is 6.18 Å². The molecule has 4 rings (SSSR count). The van der Waals surface area contributed by atoms with Crippen molar-refractivity contribution in [2.45, 2.75) is 35.9 Å². The monoisotopic (exact) mass is 507 g/mol. The van der Waals surface area contributed by atoms with Gasteiger partial charge in [-0.3, -0.25) is 4.31 Å². The van der Waals surface area contributed by atoms with E-state index in [0.717, 1.165) is 15.8 Å². The highest BCUT2D eigenvalue weighted by Crippen LogP contribution is 2.44. The van der Waals surface area contributed by atoms with Crippen molar-refractivity contribution in [2.24, 2.45) is 0 Å². The second kappa shape index (κ2) is 8.28. The maximum absolute atomic E-state index is 13.6. The van der Waals surface area contributed by atoms with Crippen LogP contribution < -0.4 is 4.31 Å². The molecule has 0 saturated carbocycles. The smallest absolute Gasteiger partial charge is 0.263 e. The summed E-state index contributed by atoms with van der Waals surface area (Å²) < 4.78 is 95.6. The van der Waals surface area contributed by atoms with E-state index in [1.807, 2.05) is 0 Å². The molecule has 1 aliphatic heterocycles. The van der Waals surface area contributed by atoms with E-state index in [4.69, 9.17) is 0 Å². The standard InChI is InChI=1S/C24H20F3NO4S2/c1-16(2)28-22-11-7-6-10-19(22)21(15-33(29,30)18-8-4-3-5-9-18)20-14-17(24(25,26)27)12-13-23(20)34(28,31)32/h3-16H,1-2H3/b21-15+. The fourth-order valence-electron chi connectivity index (χ4n) is 3.93. The van der Waals surface area contributed by atoms with Gasteiger partial charge in [-0.15, -0.1) is 0 Å². The number of hydrogen-bond acceptors (Lipinski definition) is 4. The van der Waals surface area contributed by atoms with Crippen molar-refractivity contribution < 1.29 is 30.0 Å². The second-order valence-corrected chi connectivity index (χ2v) is 11.6. The lowest BCUT2D eigenvalue weighted by Gasteiger charge is -2.28. The predicted molar refractivity (Wildman–Crippen MR) is 123 cm³/mol. The number of rotatable bonds is 3. The summed E-state index contributed by atoms with van der Waals surface area (Å²) in [5.41, 5.74) is -1.17. The number of hydrogen-bond donors (Lipinski definition) is 0. The first-order valence-electron chi connectivity index (χ1n) is 10.2. The van der Waals surface area contributed by atoms with Gasteiger partial charge in [0.2, 0.25) is 0 Å². The first-order chi connectivity index (χ1) is 15.8. The number of sulfonamides is 1. The van der Waals surface area contributed by atoms with Crippen LogP contribution in [0.25, 0.3) is 5.57 Å². The van der Waals surface area contributed by atoms with Crippen LogP contribution in [0.15, 0.2) is 88.0 Å². The van der Waals surface area contributed by atoms with Crippen LogP contribution >= 0.6 is 0 Å². The second-order valence-electron chi connectivity index (χ2n) is 8.01. The van der Waals surface area contributed by atoms with Crippen molar-refractivity contribution in [2.75, 3.05) is 4.31 Å².